The standard InChI is InChI=1S/C13H13ClO3/c14-9-2-3-12-10(6-9)11(15)7-13(17-12)4-1-5-16-8-13/h2-3,6H,1,4-5,7-8H2. The molecule has 1 spiro atoms. The quantitative estimate of drug-likeness (QED) is 0.712. The van der Waals surface area contributed by atoms with Crippen LogP contribution in [0, 0.1) is 0 Å². The number of fused-ring (bicyclic) bond motifs is 1. The van der Waals surface area contributed by atoms with Crippen molar-refractivity contribution in [2.75, 3.05) is 13.2 Å². The minimum Gasteiger partial charge on any atom is -0.484 e. The monoisotopic (exact) mass is 252 g/mol. The van der Waals surface area contributed by atoms with Gasteiger partial charge in [0.2, 0.25) is 0 Å². The van der Waals surface area contributed by atoms with Crippen LogP contribution in [-0.4, -0.2) is 24.6 Å². The second kappa shape index (κ2) is 4.00. The van der Waals surface area contributed by atoms with E-state index in [2.05, 4.69) is 0 Å². The van der Waals surface area contributed by atoms with Crippen molar-refractivity contribution in [3.63, 3.8) is 0 Å². The molecule has 0 aromatic heterocycles. The highest BCUT2D eigenvalue weighted by Gasteiger charge is 2.42. The first-order valence-corrected chi connectivity index (χ1v) is 6.16. The van der Waals surface area contributed by atoms with Crippen LogP contribution in [-0.2, 0) is 4.74 Å². The lowest BCUT2D eigenvalue weighted by atomic mass is 9.86. The van der Waals surface area contributed by atoms with Gasteiger partial charge in [-0.15, -0.1) is 0 Å². The van der Waals surface area contributed by atoms with Crippen molar-refractivity contribution in [2.24, 2.45) is 0 Å². The van der Waals surface area contributed by atoms with Gasteiger partial charge in [-0.3, -0.25) is 4.79 Å². The Morgan fingerprint density at radius 3 is 3.00 bits per heavy atom. The zero-order valence-electron chi connectivity index (χ0n) is 9.37. The van der Waals surface area contributed by atoms with E-state index in [1.165, 1.54) is 0 Å². The Kier molecular flexibility index (Phi) is 2.60. The smallest absolute Gasteiger partial charge is 0.170 e. The number of carbonyl (C=O) groups is 1. The van der Waals surface area contributed by atoms with E-state index in [0.717, 1.165) is 19.4 Å². The number of benzene rings is 1. The van der Waals surface area contributed by atoms with E-state index in [1.54, 1.807) is 18.2 Å². The first-order valence-electron chi connectivity index (χ1n) is 5.78. The molecule has 3 nitrogen and oxygen atoms in total. The minimum absolute atomic E-state index is 0.0965. The first kappa shape index (κ1) is 11.1. The van der Waals surface area contributed by atoms with Gasteiger partial charge in [-0.25, -0.2) is 0 Å². The summed E-state index contributed by atoms with van der Waals surface area (Å²) in [5.41, 5.74) is 0.143. The van der Waals surface area contributed by atoms with E-state index < -0.39 is 5.60 Å². The zero-order chi connectivity index (χ0) is 11.9. The van der Waals surface area contributed by atoms with Crippen molar-refractivity contribution in [1.29, 1.82) is 0 Å². The summed E-state index contributed by atoms with van der Waals surface area (Å²) in [6.07, 6.45) is 2.21. The molecular formula is C13H13ClO3. The van der Waals surface area contributed by atoms with Gasteiger partial charge in [-0.05, 0) is 31.0 Å². The number of ether oxygens (including phenoxy) is 2. The van der Waals surface area contributed by atoms with Crippen LogP contribution in [0.1, 0.15) is 29.6 Å². The molecule has 2 aliphatic heterocycles. The molecule has 1 aromatic carbocycles. The van der Waals surface area contributed by atoms with Crippen LogP contribution in [0.4, 0.5) is 0 Å². The number of halogens is 1. The Morgan fingerprint density at radius 1 is 1.35 bits per heavy atom. The summed E-state index contributed by atoms with van der Waals surface area (Å²) in [5.74, 6) is 0.732. The van der Waals surface area contributed by atoms with Crippen molar-refractivity contribution in [3.8, 4) is 5.75 Å². The number of Topliss-reactive ketones (excluding diaryl/α,β-unsaturated/α-hetero) is 1. The Bertz CT molecular complexity index is 464. The number of hydrogen-bond acceptors (Lipinski definition) is 3. The van der Waals surface area contributed by atoms with Crippen molar-refractivity contribution in [1.82, 2.24) is 0 Å². The highest BCUT2D eigenvalue weighted by atomic mass is 35.5. The molecular weight excluding hydrogens is 240 g/mol. The molecule has 4 heteroatoms. The number of rotatable bonds is 0. The summed E-state index contributed by atoms with van der Waals surface area (Å²) < 4.78 is 11.4. The van der Waals surface area contributed by atoms with Crippen LogP contribution in [0.25, 0.3) is 0 Å². The molecule has 0 radical (unpaired) electrons. The largest absolute Gasteiger partial charge is 0.484 e. The number of hydrogen-bond donors (Lipinski definition) is 0. The Balaban J connectivity index is 1.97. The molecule has 90 valence electrons. The van der Waals surface area contributed by atoms with Crippen molar-refractivity contribution in [3.05, 3.63) is 28.8 Å². The molecule has 1 aromatic rings. The Hall–Kier alpha value is -1.06. The van der Waals surface area contributed by atoms with Crippen LogP contribution < -0.4 is 4.74 Å². The van der Waals surface area contributed by atoms with E-state index in [-0.39, 0.29) is 5.78 Å². The molecule has 3 rings (SSSR count). The van der Waals surface area contributed by atoms with Crippen LogP contribution in [0.3, 0.4) is 0 Å². The Morgan fingerprint density at radius 2 is 2.24 bits per heavy atom. The average molecular weight is 253 g/mol. The van der Waals surface area contributed by atoms with Crippen molar-refractivity contribution >= 4 is 17.4 Å². The molecule has 1 fully saturated rings. The predicted octanol–water partition coefficient (Wildman–Crippen LogP) is 2.85. The number of carbonyl (C=O) groups excluding carboxylic acids is 1. The summed E-state index contributed by atoms with van der Waals surface area (Å²) in [5, 5.41) is 0.566. The van der Waals surface area contributed by atoms with E-state index >= 15 is 0 Å². The zero-order valence-corrected chi connectivity index (χ0v) is 10.1. The van der Waals surface area contributed by atoms with Gasteiger partial charge in [0.1, 0.15) is 11.4 Å². The molecule has 2 aliphatic rings. The molecule has 0 N–H and O–H groups in total. The first-order chi connectivity index (χ1) is 8.19. The third-order valence-corrected chi connectivity index (χ3v) is 3.57. The summed E-state index contributed by atoms with van der Waals surface area (Å²) in [7, 11) is 0. The predicted molar refractivity (Wildman–Crippen MR) is 63.8 cm³/mol. The molecule has 17 heavy (non-hydrogen) atoms. The van der Waals surface area contributed by atoms with Gasteiger partial charge in [0.15, 0.2) is 5.78 Å². The molecule has 1 unspecified atom stereocenters. The normalized spacial score (nSPS) is 27.7. The SMILES string of the molecule is O=C1CC2(CCCOC2)Oc2ccc(Cl)cc21. The van der Waals surface area contributed by atoms with Gasteiger partial charge in [0.25, 0.3) is 0 Å². The Labute approximate surface area is 105 Å². The fraction of sp³-hybridized carbons (Fsp3) is 0.462. The maximum atomic E-state index is 12.1. The third-order valence-electron chi connectivity index (χ3n) is 3.34. The molecule has 0 amide bonds. The van der Waals surface area contributed by atoms with Gasteiger partial charge in [-0.1, -0.05) is 11.6 Å². The highest BCUT2D eigenvalue weighted by molar-refractivity contribution is 6.31. The van der Waals surface area contributed by atoms with Crippen LogP contribution in [0.15, 0.2) is 18.2 Å². The maximum Gasteiger partial charge on any atom is 0.170 e. The van der Waals surface area contributed by atoms with Gasteiger partial charge in [0.05, 0.1) is 18.6 Å². The summed E-state index contributed by atoms with van der Waals surface area (Å²) in [6, 6.07) is 5.19. The summed E-state index contributed by atoms with van der Waals surface area (Å²) >= 11 is 5.89. The number of ketones is 1. The van der Waals surface area contributed by atoms with Gasteiger partial charge in [-0.2, -0.15) is 0 Å². The highest BCUT2D eigenvalue weighted by Crippen LogP contribution is 2.38. The lowest BCUT2D eigenvalue weighted by Crippen LogP contribution is -2.48. The molecule has 2 heterocycles. The van der Waals surface area contributed by atoms with E-state index in [0.29, 0.717) is 29.4 Å². The fourth-order valence-corrected chi connectivity index (χ4v) is 2.69. The second-order valence-corrected chi connectivity index (χ2v) is 5.12. The fourth-order valence-electron chi connectivity index (χ4n) is 2.51. The third kappa shape index (κ3) is 1.94. The van der Waals surface area contributed by atoms with Gasteiger partial charge in [0, 0.05) is 11.6 Å². The molecule has 0 bridgehead atoms. The van der Waals surface area contributed by atoms with Gasteiger partial charge >= 0.3 is 0 Å². The molecule has 1 saturated heterocycles. The maximum absolute atomic E-state index is 12.1. The second-order valence-electron chi connectivity index (χ2n) is 4.68. The lowest BCUT2D eigenvalue weighted by Gasteiger charge is -2.40. The summed E-state index contributed by atoms with van der Waals surface area (Å²) in [4.78, 5) is 12.1. The van der Waals surface area contributed by atoms with Crippen LogP contribution in [0.2, 0.25) is 5.02 Å². The minimum atomic E-state index is -0.448. The molecule has 0 saturated carbocycles. The summed E-state index contributed by atoms with van der Waals surface area (Å²) in [6.45, 7) is 1.26. The van der Waals surface area contributed by atoms with E-state index in [9.17, 15) is 4.79 Å². The van der Waals surface area contributed by atoms with E-state index in [1.807, 2.05) is 0 Å². The van der Waals surface area contributed by atoms with Crippen LogP contribution >= 0.6 is 11.6 Å². The topological polar surface area (TPSA) is 35.5 Å². The molecule has 0 aliphatic carbocycles. The molecule has 1 atom stereocenters. The van der Waals surface area contributed by atoms with Crippen molar-refractivity contribution < 1.29 is 14.3 Å². The van der Waals surface area contributed by atoms with Crippen LogP contribution in [0.5, 0.6) is 5.75 Å². The van der Waals surface area contributed by atoms with Gasteiger partial charge < -0.3 is 9.47 Å². The average Bonchev–Trinajstić information content (AvgIpc) is 2.31. The lowest BCUT2D eigenvalue weighted by molar-refractivity contribution is -0.0715. The van der Waals surface area contributed by atoms with E-state index in [4.69, 9.17) is 21.1 Å². The van der Waals surface area contributed by atoms with Crippen molar-refractivity contribution in [2.45, 2.75) is 24.9 Å².